The summed E-state index contributed by atoms with van der Waals surface area (Å²) in [5, 5.41) is 14.8. The number of rotatable bonds is 5. The second-order valence-corrected chi connectivity index (χ2v) is 20.9. The quantitative estimate of drug-likeness (QED) is 0.140. The van der Waals surface area contributed by atoms with Crippen LogP contribution >= 0.6 is 0 Å². The van der Waals surface area contributed by atoms with Crippen molar-refractivity contribution in [3.63, 3.8) is 0 Å². The monoisotopic (exact) mass is 922 g/mol. The summed E-state index contributed by atoms with van der Waals surface area (Å²) >= 11 is 0. The van der Waals surface area contributed by atoms with E-state index < -0.39 is 46.8 Å². The molecule has 2 aliphatic heterocycles. The molecule has 0 unspecified atom stereocenters. The highest BCUT2D eigenvalue weighted by atomic mass is 16.6. The summed E-state index contributed by atoms with van der Waals surface area (Å²) in [5.41, 5.74) is 3.34. The fraction of sp³-hybridized carbons (Fsp3) is 0.520. The third kappa shape index (κ3) is 14.5. The van der Waals surface area contributed by atoms with Gasteiger partial charge in [0, 0.05) is 43.3 Å². The van der Waals surface area contributed by atoms with Crippen LogP contribution in [-0.4, -0.2) is 109 Å². The maximum absolute atomic E-state index is 12.7. The second kappa shape index (κ2) is 20.1. The van der Waals surface area contributed by atoms with Crippen LogP contribution in [0.4, 0.5) is 19.2 Å². The number of guanidine groups is 2. The van der Waals surface area contributed by atoms with E-state index in [-0.39, 0.29) is 18.0 Å². The van der Waals surface area contributed by atoms with Crippen LogP contribution in [0.25, 0.3) is 33.9 Å². The highest BCUT2D eigenvalue weighted by molar-refractivity contribution is 6.00. The standard InChI is InChI=1S/C50H67N9O8/c1-47(2,3)64-43(60)51-41(52-44(61)65-48(4,5)6)57-28-24-34(25-29-57)32-16-20-36(21-17-32)39-55-56-40(59(39)38-14-13-15-38)37-22-18-33(19-23-37)35-26-30-58(31-27-35)42(53-45(62)66-49(7,8)9)54-46(63)67-50(10,11)12/h16-24,26,38H,13-15,25,27-31H2,1-12H3,(H,51,52,60,61)(H,53,54,62,63). The van der Waals surface area contributed by atoms with Crippen molar-refractivity contribution in [3.05, 3.63) is 71.8 Å². The minimum absolute atomic E-state index is 0.0705. The molecule has 4 amide bonds. The number of nitrogens with zero attached hydrogens (tertiary/aromatic N) is 7. The number of carbonyl (C=O) groups is 4. The molecule has 1 saturated carbocycles. The number of hydrogen-bond acceptors (Lipinski definition) is 10. The zero-order valence-electron chi connectivity index (χ0n) is 41.1. The van der Waals surface area contributed by atoms with Crippen molar-refractivity contribution < 1.29 is 38.1 Å². The van der Waals surface area contributed by atoms with Crippen molar-refractivity contribution in [2.24, 2.45) is 9.98 Å². The van der Waals surface area contributed by atoms with Gasteiger partial charge in [0.25, 0.3) is 0 Å². The molecule has 3 aromatic rings. The number of ether oxygens (including phenoxy) is 4. The number of alkyl carbamates (subject to hydrolysis) is 2. The molecule has 2 N–H and O–H groups in total. The molecular formula is C50H67N9O8. The van der Waals surface area contributed by atoms with Crippen molar-refractivity contribution in [2.75, 3.05) is 26.2 Å². The van der Waals surface area contributed by atoms with Crippen molar-refractivity contribution in [1.29, 1.82) is 0 Å². The Morgan fingerprint density at radius 2 is 0.881 bits per heavy atom. The normalized spacial score (nSPS) is 16.6. The maximum atomic E-state index is 12.7. The van der Waals surface area contributed by atoms with Gasteiger partial charge in [-0.25, -0.2) is 19.2 Å². The average Bonchev–Trinajstić information content (AvgIpc) is 3.61. The smallest absolute Gasteiger partial charge is 0.437 e. The second-order valence-electron chi connectivity index (χ2n) is 20.9. The predicted octanol–water partition coefficient (Wildman–Crippen LogP) is 10.1. The van der Waals surface area contributed by atoms with Gasteiger partial charge in [0.05, 0.1) is 0 Å². The zero-order valence-corrected chi connectivity index (χ0v) is 41.1. The summed E-state index contributed by atoms with van der Waals surface area (Å²) in [7, 11) is 0. The van der Waals surface area contributed by atoms with E-state index in [0.717, 1.165) is 64.3 Å². The summed E-state index contributed by atoms with van der Waals surface area (Å²) in [6.45, 7) is 22.9. The molecule has 3 heterocycles. The molecule has 1 aromatic heterocycles. The van der Waals surface area contributed by atoms with Gasteiger partial charge in [0.1, 0.15) is 22.4 Å². The number of carbonyl (C=O) groups excluding carboxylic acids is 4. The molecule has 17 heteroatoms. The molecule has 0 atom stereocenters. The Morgan fingerprint density at radius 3 is 1.16 bits per heavy atom. The topological polar surface area (TPSA) is 191 Å². The molecule has 360 valence electrons. The minimum atomic E-state index is -0.804. The molecule has 1 aliphatic carbocycles. The first-order valence-electron chi connectivity index (χ1n) is 23.0. The molecule has 1 fully saturated rings. The summed E-state index contributed by atoms with van der Waals surface area (Å²) in [6.07, 6.45) is 5.63. The first-order chi connectivity index (χ1) is 31.3. The number of nitrogens with one attached hydrogen (secondary N) is 2. The van der Waals surface area contributed by atoms with Gasteiger partial charge < -0.3 is 33.3 Å². The van der Waals surface area contributed by atoms with E-state index in [0.29, 0.717) is 39.0 Å². The van der Waals surface area contributed by atoms with Crippen LogP contribution in [0.1, 0.15) is 132 Å². The molecule has 3 aliphatic rings. The first kappa shape index (κ1) is 49.9. The largest absolute Gasteiger partial charge is 0.444 e. The number of amides is 4. The van der Waals surface area contributed by atoms with Gasteiger partial charge in [-0.2, -0.15) is 0 Å². The Balaban J connectivity index is 1.15. The van der Waals surface area contributed by atoms with Crippen LogP contribution < -0.4 is 10.6 Å². The van der Waals surface area contributed by atoms with E-state index >= 15 is 0 Å². The third-order valence-corrected chi connectivity index (χ3v) is 10.6. The lowest BCUT2D eigenvalue weighted by Crippen LogP contribution is -2.48. The van der Waals surface area contributed by atoms with E-state index in [2.05, 4.69) is 85.9 Å². The van der Waals surface area contributed by atoms with Gasteiger partial charge in [0.2, 0.25) is 11.9 Å². The Bertz CT molecular complexity index is 2260. The van der Waals surface area contributed by atoms with Crippen LogP contribution in [-0.2, 0) is 18.9 Å². The van der Waals surface area contributed by atoms with Crippen LogP contribution in [0.2, 0.25) is 0 Å². The number of benzene rings is 2. The predicted molar refractivity (Wildman–Crippen MR) is 258 cm³/mol. The highest BCUT2D eigenvalue weighted by Gasteiger charge is 2.30. The minimum Gasteiger partial charge on any atom is -0.444 e. The van der Waals surface area contributed by atoms with Crippen LogP contribution in [0.3, 0.4) is 0 Å². The van der Waals surface area contributed by atoms with Crippen LogP contribution in [0.5, 0.6) is 0 Å². The zero-order chi connectivity index (χ0) is 48.9. The molecule has 0 spiro atoms. The van der Waals surface area contributed by atoms with E-state index in [1.807, 2.05) is 9.80 Å². The van der Waals surface area contributed by atoms with Gasteiger partial charge in [0.15, 0.2) is 11.6 Å². The number of aromatic nitrogens is 3. The van der Waals surface area contributed by atoms with Crippen molar-refractivity contribution >= 4 is 47.4 Å². The van der Waals surface area contributed by atoms with Gasteiger partial charge in [-0.1, -0.05) is 60.7 Å². The SMILES string of the molecule is CC(C)(C)OC(=O)N=C(NC(=O)OC(C)(C)C)N1CC=C(c2ccc(-c3nnc(-c4ccc(C5=CCN(C(=NC(=O)OC(C)(C)C)NC(=O)OC(C)(C)C)CC5)cc4)n3C3CCC3)cc2)CC1. The molecule has 0 radical (unpaired) electrons. The highest BCUT2D eigenvalue weighted by Crippen LogP contribution is 2.39. The molecule has 17 nitrogen and oxygen atoms in total. The fourth-order valence-electron chi connectivity index (χ4n) is 7.48. The summed E-state index contributed by atoms with van der Waals surface area (Å²) < 4.78 is 24.0. The van der Waals surface area contributed by atoms with Crippen molar-refractivity contribution in [2.45, 2.75) is 144 Å². The Kier molecular flexibility index (Phi) is 15.0. The fourth-order valence-corrected chi connectivity index (χ4v) is 7.48. The summed E-state index contributed by atoms with van der Waals surface area (Å²) in [6, 6.07) is 17.0. The van der Waals surface area contributed by atoms with Crippen LogP contribution in [0, 0.1) is 0 Å². The number of hydrogen-bond donors (Lipinski definition) is 2. The van der Waals surface area contributed by atoms with E-state index in [4.69, 9.17) is 29.1 Å². The molecule has 2 aromatic carbocycles. The average molecular weight is 922 g/mol. The summed E-state index contributed by atoms with van der Waals surface area (Å²) in [5.74, 6) is 1.77. The molecule has 0 saturated heterocycles. The first-order valence-corrected chi connectivity index (χ1v) is 23.0. The number of aliphatic imine (C=N–C) groups is 2. The van der Waals surface area contributed by atoms with Gasteiger partial charge >= 0.3 is 24.4 Å². The molecule has 6 rings (SSSR count). The van der Waals surface area contributed by atoms with Gasteiger partial charge in [-0.05, 0) is 137 Å². The van der Waals surface area contributed by atoms with Gasteiger partial charge in [-0.3, -0.25) is 10.6 Å². The maximum Gasteiger partial charge on any atom is 0.437 e. The third-order valence-electron chi connectivity index (χ3n) is 10.6. The van der Waals surface area contributed by atoms with Crippen molar-refractivity contribution in [3.8, 4) is 22.8 Å². The molecule has 0 bridgehead atoms. The molecular weight excluding hydrogens is 855 g/mol. The lowest BCUT2D eigenvalue weighted by molar-refractivity contribution is 0.0536. The van der Waals surface area contributed by atoms with Crippen molar-refractivity contribution in [1.82, 2.24) is 35.2 Å². The summed E-state index contributed by atoms with van der Waals surface area (Å²) in [4.78, 5) is 62.7. The van der Waals surface area contributed by atoms with E-state index in [9.17, 15) is 19.2 Å². The Labute approximate surface area is 394 Å². The van der Waals surface area contributed by atoms with Gasteiger partial charge in [-0.15, -0.1) is 20.2 Å². The lowest BCUT2D eigenvalue weighted by Gasteiger charge is -2.30. The van der Waals surface area contributed by atoms with E-state index in [1.54, 1.807) is 83.1 Å². The molecule has 67 heavy (non-hydrogen) atoms. The Hall–Kier alpha value is -6.52. The Morgan fingerprint density at radius 1 is 0.537 bits per heavy atom. The van der Waals surface area contributed by atoms with E-state index in [1.165, 1.54) is 0 Å². The lowest BCUT2D eigenvalue weighted by atomic mass is 9.91. The van der Waals surface area contributed by atoms with Crippen LogP contribution in [0.15, 0.2) is 70.7 Å².